The summed E-state index contributed by atoms with van der Waals surface area (Å²) in [6.45, 7) is 3.64. The molecular weight excluding hydrogens is 244 g/mol. The Morgan fingerprint density at radius 3 is 2.94 bits per heavy atom. The summed E-state index contributed by atoms with van der Waals surface area (Å²) in [5.74, 6) is 1.01. The van der Waals surface area contributed by atoms with Crippen molar-refractivity contribution in [1.29, 1.82) is 0 Å². The van der Waals surface area contributed by atoms with E-state index < -0.39 is 0 Å². The Morgan fingerprint density at radius 1 is 1.44 bits per heavy atom. The van der Waals surface area contributed by atoms with Crippen LogP contribution in [0.25, 0.3) is 0 Å². The molecule has 2 aromatic rings. The summed E-state index contributed by atoms with van der Waals surface area (Å²) < 4.78 is 0. The van der Waals surface area contributed by atoms with E-state index in [-0.39, 0.29) is 0 Å². The fraction of sp³-hybridized carbons (Fsp3) is 0.385. The average Bonchev–Trinajstić information content (AvgIpc) is 2.76. The van der Waals surface area contributed by atoms with Crippen LogP contribution in [0, 0.1) is 6.92 Å². The molecule has 0 aromatic carbocycles. The number of aryl methyl sites for hydroxylation is 1. The van der Waals surface area contributed by atoms with Gasteiger partial charge in [-0.15, -0.1) is 11.3 Å². The van der Waals surface area contributed by atoms with Crippen molar-refractivity contribution < 1.29 is 0 Å². The molecule has 0 aliphatic carbocycles. The first kappa shape index (κ1) is 13.0. The van der Waals surface area contributed by atoms with Crippen molar-refractivity contribution in [2.24, 2.45) is 0 Å². The van der Waals surface area contributed by atoms with Crippen LogP contribution in [-0.4, -0.2) is 24.1 Å². The minimum absolute atomic E-state index is 0.790. The number of hydrogen-bond acceptors (Lipinski definition) is 5. The van der Waals surface area contributed by atoms with Gasteiger partial charge in [-0.3, -0.25) is 0 Å². The summed E-state index contributed by atoms with van der Waals surface area (Å²) in [6, 6.07) is 4.07. The van der Waals surface area contributed by atoms with Crippen molar-refractivity contribution in [1.82, 2.24) is 15.3 Å². The normalized spacial score (nSPS) is 10.6. The molecule has 1 N–H and O–H groups in total. The highest BCUT2D eigenvalue weighted by molar-refractivity contribution is 7.09. The van der Waals surface area contributed by atoms with Crippen LogP contribution in [-0.2, 0) is 13.1 Å². The molecule has 0 atom stereocenters. The maximum Gasteiger partial charge on any atom is 0.133 e. The van der Waals surface area contributed by atoms with Gasteiger partial charge in [-0.1, -0.05) is 6.07 Å². The Morgan fingerprint density at radius 2 is 2.28 bits per heavy atom. The van der Waals surface area contributed by atoms with Gasteiger partial charge in [-0.25, -0.2) is 9.97 Å². The van der Waals surface area contributed by atoms with E-state index in [2.05, 4.69) is 38.7 Å². The molecule has 0 bridgehead atoms. The molecule has 4 nitrogen and oxygen atoms in total. The first-order valence-electron chi connectivity index (χ1n) is 5.91. The first-order valence-corrected chi connectivity index (χ1v) is 6.79. The molecule has 0 amide bonds. The fourth-order valence-corrected chi connectivity index (χ4v) is 2.50. The smallest absolute Gasteiger partial charge is 0.133 e. The maximum absolute atomic E-state index is 4.49. The number of nitrogens with one attached hydrogen (secondary N) is 1. The van der Waals surface area contributed by atoms with Crippen molar-refractivity contribution in [3.8, 4) is 0 Å². The van der Waals surface area contributed by atoms with Gasteiger partial charge in [-0.05, 0) is 20.0 Å². The van der Waals surface area contributed by atoms with E-state index in [1.54, 1.807) is 11.3 Å². The highest BCUT2D eigenvalue weighted by Gasteiger charge is 2.09. The highest BCUT2D eigenvalue weighted by atomic mass is 32.1. The lowest BCUT2D eigenvalue weighted by Gasteiger charge is -2.20. The zero-order valence-corrected chi connectivity index (χ0v) is 11.8. The van der Waals surface area contributed by atoms with Crippen LogP contribution in [0.2, 0.25) is 0 Å². The summed E-state index contributed by atoms with van der Waals surface area (Å²) in [5.41, 5.74) is 2.30. The predicted molar refractivity (Wildman–Crippen MR) is 76.0 cm³/mol. The number of anilines is 1. The van der Waals surface area contributed by atoms with Crippen molar-refractivity contribution in [2.45, 2.75) is 20.0 Å². The topological polar surface area (TPSA) is 41.1 Å². The van der Waals surface area contributed by atoms with Gasteiger partial charge in [0.1, 0.15) is 5.82 Å². The molecule has 18 heavy (non-hydrogen) atoms. The molecule has 96 valence electrons. The molecule has 2 rings (SSSR count). The molecule has 2 aromatic heterocycles. The molecule has 0 fully saturated rings. The number of aromatic nitrogens is 2. The number of hydrogen-bond donors (Lipinski definition) is 1. The van der Waals surface area contributed by atoms with Gasteiger partial charge < -0.3 is 10.2 Å². The number of nitrogens with zero attached hydrogens (tertiary/aromatic N) is 3. The van der Waals surface area contributed by atoms with E-state index in [0.717, 1.165) is 29.6 Å². The van der Waals surface area contributed by atoms with E-state index in [0.29, 0.717) is 0 Å². The molecule has 0 saturated heterocycles. The molecular formula is C13H18N4S. The minimum atomic E-state index is 0.790. The Labute approximate surface area is 112 Å². The zero-order valence-electron chi connectivity index (χ0n) is 11.0. The third-order valence-electron chi connectivity index (χ3n) is 2.66. The second-order valence-corrected chi connectivity index (χ2v) is 5.29. The third-order valence-corrected chi connectivity index (χ3v) is 3.48. The maximum atomic E-state index is 4.49. The summed E-state index contributed by atoms with van der Waals surface area (Å²) >= 11 is 1.69. The molecule has 2 heterocycles. The second kappa shape index (κ2) is 5.93. The van der Waals surface area contributed by atoms with E-state index in [1.165, 1.54) is 5.56 Å². The predicted octanol–water partition coefficient (Wildman–Crippen LogP) is 2.20. The Hall–Kier alpha value is -1.46. The van der Waals surface area contributed by atoms with Crippen molar-refractivity contribution in [3.05, 3.63) is 40.0 Å². The molecule has 0 unspecified atom stereocenters. The van der Waals surface area contributed by atoms with Crippen LogP contribution >= 0.6 is 11.3 Å². The lowest BCUT2D eigenvalue weighted by Crippen LogP contribution is -2.21. The van der Waals surface area contributed by atoms with E-state index in [1.807, 2.05) is 26.2 Å². The molecule has 0 saturated carbocycles. The van der Waals surface area contributed by atoms with Crippen LogP contribution in [0.4, 0.5) is 5.82 Å². The van der Waals surface area contributed by atoms with Crippen molar-refractivity contribution in [2.75, 3.05) is 19.0 Å². The van der Waals surface area contributed by atoms with Crippen LogP contribution in [0.15, 0.2) is 23.7 Å². The van der Waals surface area contributed by atoms with Crippen LogP contribution in [0.5, 0.6) is 0 Å². The standard InChI is InChI=1S/C13H18N4S/c1-10-16-12(9-18-10)8-17(3)13-11(7-14-2)5-4-6-15-13/h4-6,9,14H,7-8H2,1-3H3. The summed E-state index contributed by atoms with van der Waals surface area (Å²) in [6.07, 6.45) is 1.83. The van der Waals surface area contributed by atoms with Gasteiger partial charge >= 0.3 is 0 Å². The van der Waals surface area contributed by atoms with Crippen molar-refractivity contribution in [3.63, 3.8) is 0 Å². The largest absolute Gasteiger partial charge is 0.353 e. The summed E-state index contributed by atoms with van der Waals surface area (Å²) in [7, 11) is 4.00. The van der Waals surface area contributed by atoms with Gasteiger partial charge in [-0.2, -0.15) is 0 Å². The number of pyridine rings is 1. The van der Waals surface area contributed by atoms with Gasteiger partial charge in [0, 0.05) is 30.7 Å². The minimum Gasteiger partial charge on any atom is -0.353 e. The molecule has 5 heteroatoms. The van der Waals surface area contributed by atoms with Gasteiger partial charge in [0.05, 0.1) is 17.2 Å². The molecule has 0 radical (unpaired) electrons. The van der Waals surface area contributed by atoms with Crippen LogP contribution in [0.3, 0.4) is 0 Å². The van der Waals surface area contributed by atoms with E-state index in [4.69, 9.17) is 0 Å². The fourth-order valence-electron chi connectivity index (χ4n) is 1.90. The Balaban J connectivity index is 2.15. The number of rotatable bonds is 5. The number of thiazole rings is 1. The van der Waals surface area contributed by atoms with Crippen molar-refractivity contribution >= 4 is 17.2 Å². The van der Waals surface area contributed by atoms with E-state index in [9.17, 15) is 0 Å². The lowest BCUT2D eigenvalue weighted by atomic mass is 10.2. The Bertz CT molecular complexity index is 509. The summed E-state index contributed by atoms with van der Waals surface area (Å²) in [5, 5.41) is 6.38. The van der Waals surface area contributed by atoms with Crippen LogP contribution in [0.1, 0.15) is 16.3 Å². The first-order chi connectivity index (χ1) is 8.70. The monoisotopic (exact) mass is 262 g/mol. The lowest BCUT2D eigenvalue weighted by molar-refractivity contribution is 0.791. The molecule has 0 aliphatic heterocycles. The van der Waals surface area contributed by atoms with E-state index >= 15 is 0 Å². The average molecular weight is 262 g/mol. The third kappa shape index (κ3) is 3.05. The quantitative estimate of drug-likeness (QED) is 0.897. The second-order valence-electron chi connectivity index (χ2n) is 4.23. The van der Waals surface area contributed by atoms with Gasteiger partial charge in [0.2, 0.25) is 0 Å². The molecule has 0 aliphatic rings. The van der Waals surface area contributed by atoms with Gasteiger partial charge in [0.25, 0.3) is 0 Å². The van der Waals surface area contributed by atoms with Gasteiger partial charge in [0.15, 0.2) is 0 Å². The zero-order chi connectivity index (χ0) is 13.0. The highest BCUT2D eigenvalue weighted by Crippen LogP contribution is 2.18. The SMILES string of the molecule is CNCc1cccnc1N(C)Cc1csc(C)n1. The summed E-state index contributed by atoms with van der Waals surface area (Å²) in [4.78, 5) is 11.1. The Kier molecular flexibility index (Phi) is 4.28. The van der Waals surface area contributed by atoms with Crippen LogP contribution < -0.4 is 10.2 Å². The molecule has 0 spiro atoms.